The quantitative estimate of drug-likeness (QED) is 0.519. The van der Waals surface area contributed by atoms with E-state index in [-0.39, 0.29) is 17.0 Å². The van der Waals surface area contributed by atoms with Gasteiger partial charge in [0, 0.05) is 0 Å². The van der Waals surface area contributed by atoms with Crippen LogP contribution in [-0.2, 0) is 4.79 Å². The van der Waals surface area contributed by atoms with Crippen molar-refractivity contribution in [1.29, 1.82) is 5.26 Å². The van der Waals surface area contributed by atoms with Gasteiger partial charge in [-0.25, -0.2) is 0 Å². The predicted molar refractivity (Wildman–Crippen MR) is 135 cm³/mol. The molecule has 3 aromatic rings. The topological polar surface area (TPSA) is 133 Å². The monoisotopic (exact) mass is 488 g/mol. The molecule has 0 bridgehead atoms. The van der Waals surface area contributed by atoms with Gasteiger partial charge in [-0.1, -0.05) is 24.3 Å². The number of benzene rings is 2. The van der Waals surface area contributed by atoms with Crippen LogP contribution in [0.4, 0.5) is 0 Å². The summed E-state index contributed by atoms with van der Waals surface area (Å²) < 4.78 is 12.8. The zero-order valence-electron chi connectivity index (χ0n) is 19.3. The molecular formula is C26H24N4O4S. The number of amides is 1. The molecule has 1 unspecified atom stereocenters. The van der Waals surface area contributed by atoms with Crippen molar-refractivity contribution in [3.8, 4) is 17.6 Å². The van der Waals surface area contributed by atoms with Gasteiger partial charge in [0.1, 0.15) is 22.0 Å². The lowest BCUT2D eigenvalue weighted by Gasteiger charge is -2.24. The molecule has 0 saturated heterocycles. The second kappa shape index (κ2) is 9.91. The second-order valence-electron chi connectivity index (χ2n) is 7.68. The van der Waals surface area contributed by atoms with E-state index in [1.807, 2.05) is 38.1 Å². The molecule has 35 heavy (non-hydrogen) atoms. The maximum Gasteiger partial charge on any atom is 0.274 e. The molecule has 1 atom stereocenters. The minimum absolute atomic E-state index is 0.0148. The molecule has 178 valence electrons. The van der Waals surface area contributed by atoms with Gasteiger partial charge >= 0.3 is 0 Å². The summed E-state index contributed by atoms with van der Waals surface area (Å²) in [6, 6.07) is 16.4. The number of allylic oxidation sites excluding steroid dienone is 1. The third-order valence-corrected chi connectivity index (χ3v) is 6.66. The van der Waals surface area contributed by atoms with Crippen LogP contribution in [0.2, 0.25) is 0 Å². The van der Waals surface area contributed by atoms with Gasteiger partial charge < -0.3 is 20.9 Å². The maximum atomic E-state index is 13.3. The Balaban J connectivity index is 1.94. The number of carbonyl (C=O) groups excluding carboxylic acids is 1. The number of fused-ring (bicyclic) bond motifs is 1. The summed E-state index contributed by atoms with van der Waals surface area (Å²) in [5.74, 6) is -0.168. The summed E-state index contributed by atoms with van der Waals surface area (Å²) in [6.45, 7) is 4.84. The van der Waals surface area contributed by atoms with Crippen molar-refractivity contribution in [3.05, 3.63) is 84.8 Å². The molecule has 1 amide bonds. The number of aromatic nitrogens is 1. The van der Waals surface area contributed by atoms with Gasteiger partial charge in [0.2, 0.25) is 5.91 Å². The highest BCUT2D eigenvalue weighted by molar-refractivity contribution is 7.07. The normalized spacial score (nSPS) is 15.5. The Kier molecular flexibility index (Phi) is 6.75. The third-order valence-electron chi connectivity index (χ3n) is 5.55. The number of primary amides is 1. The summed E-state index contributed by atoms with van der Waals surface area (Å²) in [5.41, 5.74) is 13.4. The number of hydrogen-bond donors (Lipinski definition) is 2. The van der Waals surface area contributed by atoms with Crippen molar-refractivity contribution in [2.24, 2.45) is 11.5 Å². The third kappa shape index (κ3) is 4.44. The maximum absolute atomic E-state index is 13.3. The van der Waals surface area contributed by atoms with Crippen molar-refractivity contribution in [2.75, 3.05) is 13.2 Å². The first kappa shape index (κ1) is 23.9. The van der Waals surface area contributed by atoms with E-state index in [9.17, 15) is 14.9 Å². The molecule has 0 radical (unpaired) electrons. The molecule has 0 aliphatic carbocycles. The average molecular weight is 489 g/mol. The number of nitrogens with two attached hydrogens (primary N) is 2. The summed E-state index contributed by atoms with van der Waals surface area (Å²) in [5, 5.41) is 9.95. The van der Waals surface area contributed by atoms with Crippen molar-refractivity contribution >= 4 is 34.7 Å². The fraction of sp³-hybridized carbons (Fsp3) is 0.192. The molecule has 0 saturated carbocycles. The van der Waals surface area contributed by atoms with E-state index in [4.69, 9.17) is 20.9 Å². The van der Waals surface area contributed by atoms with Gasteiger partial charge in [-0.3, -0.25) is 14.2 Å². The van der Waals surface area contributed by atoms with Crippen molar-refractivity contribution < 1.29 is 14.3 Å². The number of hydrogen-bond acceptors (Lipinski definition) is 7. The highest BCUT2D eigenvalue weighted by Gasteiger charge is 2.34. The predicted octanol–water partition coefficient (Wildman–Crippen LogP) is 1.62. The smallest absolute Gasteiger partial charge is 0.274 e. The van der Waals surface area contributed by atoms with Crippen LogP contribution in [0, 0.1) is 11.3 Å². The number of thiazole rings is 1. The van der Waals surface area contributed by atoms with Crippen molar-refractivity contribution in [2.45, 2.75) is 19.8 Å². The fourth-order valence-electron chi connectivity index (χ4n) is 4.02. The number of rotatable bonds is 7. The van der Waals surface area contributed by atoms with E-state index in [0.717, 1.165) is 22.6 Å². The zero-order chi connectivity index (χ0) is 25.1. The van der Waals surface area contributed by atoms with Crippen LogP contribution < -0.4 is 35.7 Å². The first-order chi connectivity index (χ1) is 16.9. The van der Waals surface area contributed by atoms with E-state index >= 15 is 0 Å². The largest absolute Gasteiger partial charge is 0.494 e. The molecule has 1 aromatic heterocycles. The second-order valence-corrected chi connectivity index (χ2v) is 8.71. The lowest BCUT2D eigenvalue weighted by atomic mass is 9.83. The molecule has 2 heterocycles. The van der Waals surface area contributed by atoms with Crippen LogP contribution >= 0.6 is 11.3 Å². The number of carbonyl (C=O) groups is 1. The lowest BCUT2D eigenvalue weighted by molar-refractivity contribution is -0.113. The molecule has 9 heteroatoms. The van der Waals surface area contributed by atoms with Crippen LogP contribution in [0.3, 0.4) is 0 Å². The molecule has 2 aromatic carbocycles. The summed E-state index contributed by atoms with van der Waals surface area (Å²) in [4.78, 5) is 26.0. The molecular weight excluding hydrogens is 464 g/mol. The lowest BCUT2D eigenvalue weighted by Crippen LogP contribution is -2.41. The Morgan fingerprint density at radius 3 is 2.17 bits per heavy atom. The van der Waals surface area contributed by atoms with E-state index < -0.39 is 17.4 Å². The van der Waals surface area contributed by atoms with Crippen LogP contribution in [-0.4, -0.2) is 23.7 Å². The Morgan fingerprint density at radius 1 is 1.09 bits per heavy atom. The standard InChI is InChI=1S/C26H24N4O4S/c1-3-33-17-9-5-15(6-10-17)13-20-25(32)30-23(28)19(14-27)21(22(24(29)31)26(30)35-20)16-7-11-18(12-8-16)34-4-2/h5-13,21H,3-4,28H2,1-2H3,(H2,29,31)/b20-13+. The van der Waals surface area contributed by atoms with E-state index in [2.05, 4.69) is 6.07 Å². The summed E-state index contributed by atoms with van der Waals surface area (Å²) >= 11 is 1.11. The van der Waals surface area contributed by atoms with Gasteiger partial charge in [0.05, 0.1) is 40.9 Å². The molecule has 4 rings (SSSR count). The molecule has 1 aliphatic heterocycles. The van der Waals surface area contributed by atoms with Crippen LogP contribution in [0.5, 0.6) is 11.5 Å². The Morgan fingerprint density at radius 2 is 1.66 bits per heavy atom. The van der Waals surface area contributed by atoms with Gasteiger partial charge in [-0.05, 0) is 55.3 Å². The van der Waals surface area contributed by atoms with Crippen LogP contribution in [0.1, 0.15) is 30.9 Å². The highest BCUT2D eigenvalue weighted by Crippen LogP contribution is 2.36. The van der Waals surface area contributed by atoms with Gasteiger partial charge in [0.15, 0.2) is 0 Å². The first-order valence-electron chi connectivity index (χ1n) is 11.0. The minimum Gasteiger partial charge on any atom is -0.494 e. The number of nitrogens with zero attached hydrogens (tertiary/aromatic N) is 2. The molecule has 1 aliphatic rings. The van der Waals surface area contributed by atoms with Gasteiger partial charge in [0.25, 0.3) is 5.56 Å². The number of ether oxygens (including phenoxy) is 2. The highest BCUT2D eigenvalue weighted by atomic mass is 32.1. The van der Waals surface area contributed by atoms with E-state index in [0.29, 0.717) is 33.7 Å². The average Bonchev–Trinajstić information content (AvgIpc) is 3.16. The van der Waals surface area contributed by atoms with Gasteiger partial charge in [-0.15, -0.1) is 11.3 Å². The minimum atomic E-state index is -0.801. The molecule has 4 N–H and O–H groups in total. The Labute approximate surface area is 205 Å². The molecule has 0 spiro atoms. The van der Waals surface area contributed by atoms with Crippen LogP contribution in [0.25, 0.3) is 17.5 Å². The SMILES string of the molecule is CCOc1ccc(/C=c2/sc3n(c2=O)C(N)=C(C#N)C(c2ccc(OCC)cc2)C=3C(N)=O)cc1. The Bertz CT molecular complexity index is 1520. The molecule has 0 fully saturated rings. The zero-order valence-corrected chi connectivity index (χ0v) is 20.1. The summed E-state index contributed by atoms with van der Waals surface area (Å²) in [6.07, 6.45) is 1.71. The van der Waals surface area contributed by atoms with Gasteiger partial charge in [-0.2, -0.15) is 5.26 Å². The summed E-state index contributed by atoms with van der Waals surface area (Å²) in [7, 11) is 0. The van der Waals surface area contributed by atoms with Crippen LogP contribution in [0.15, 0.2) is 58.9 Å². The van der Waals surface area contributed by atoms with E-state index in [1.54, 1.807) is 30.3 Å². The molecule has 8 nitrogen and oxygen atoms in total. The number of nitriles is 1. The fourth-order valence-corrected chi connectivity index (χ4v) is 5.20. The van der Waals surface area contributed by atoms with E-state index in [1.165, 1.54) is 4.57 Å². The van der Waals surface area contributed by atoms with Crippen molar-refractivity contribution in [3.63, 3.8) is 0 Å². The Hall–Kier alpha value is -4.29. The first-order valence-corrected chi connectivity index (χ1v) is 11.8. The van der Waals surface area contributed by atoms with Crippen molar-refractivity contribution in [1.82, 2.24) is 4.57 Å².